The highest BCUT2D eigenvalue weighted by molar-refractivity contribution is 7.92. The van der Waals surface area contributed by atoms with Gasteiger partial charge in [0.05, 0.1) is 16.7 Å². The van der Waals surface area contributed by atoms with Gasteiger partial charge in [0.15, 0.2) is 4.90 Å². The number of hydrogen-bond donors (Lipinski definition) is 1. The third kappa shape index (κ3) is 5.49. The lowest BCUT2D eigenvalue weighted by atomic mass is 9.92. The van der Waals surface area contributed by atoms with Crippen LogP contribution in [0.15, 0.2) is 53.4 Å². The van der Waals surface area contributed by atoms with Crippen LogP contribution in [0.25, 0.3) is 17.1 Å². The van der Waals surface area contributed by atoms with Crippen molar-refractivity contribution in [3.63, 3.8) is 0 Å². The molecule has 2 saturated heterocycles. The normalized spacial score (nSPS) is 21.3. The number of aromatic nitrogens is 3. The quantitative estimate of drug-likeness (QED) is 0.409. The number of hydrogen-bond acceptors (Lipinski definition) is 5. The fourth-order valence-corrected chi connectivity index (χ4v) is 5.65. The van der Waals surface area contributed by atoms with Crippen LogP contribution in [0.3, 0.4) is 0 Å². The zero-order chi connectivity index (χ0) is 26.2. The molecule has 0 spiro atoms. The van der Waals surface area contributed by atoms with E-state index < -0.39 is 16.7 Å². The van der Waals surface area contributed by atoms with Gasteiger partial charge in [-0.05, 0) is 78.8 Å². The Morgan fingerprint density at radius 2 is 1.70 bits per heavy atom. The molecule has 1 unspecified atom stereocenters. The fraction of sp³-hybridized carbons (Fsp3) is 0.360. The Labute approximate surface area is 213 Å². The summed E-state index contributed by atoms with van der Waals surface area (Å²) < 4.78 is 49.2. The summed E-state index contributed by atoms with van der Waals surface area (Å²) in [5.74, 6) is 0.419. The molecule has 3 heterocycles. The molecule has 5 rings (SSSR count). The molecule has 2 fully saturated rings. The first kappa shape index (κ1) is 25.3. The first-order valence-electron chi connectivity index (χ1n) is 11.8. The van der Waals surface area contributed by atoms with E-state index in [0.29, 0.717) is 54.7 Å². The minimum Gasteiger partial charge on any atom is -0.604 e. The number of halogens is 3. The molecule has 0 bridgehead atoms. The van der Waals surface area contributed by atoms with E-state index in [9.17, 15) is 27.3 Å². The summed E-state index contributed by atoms with van der Waals surface area (Å²) in [7, 11) is 0. The maximum atomic E-state index is 13.1. The molecule has 1 N–H and O–H groups in total. The minimum atomic E-state index is -4.81. The molecular weight excluding hydrogens is 507 g/mol. The van der Waals surface area contributed by atoms with E-state index in [-0.39, 0.29) is 16.7 Å². The SMILES string of the molecule is O=C(/C=C/c1ccc([S+]([O-])C(F)(F)F)cc1)N1CC[C@@H]2CN(C(=O)c3ccc4[nH]nnc4c3)C[C@@H]2CC1. The average molecular weight is 532 g/mol. The highest BCUT2D eigenvalue weighted by atomic mass is 32.2. The van der Waals surface area contributed by atoms with E-state index in [1.54, 1.807) is 29.2 Å². The van der Waals surface area contributed by atoms with Crippen LogP contribution in [0.5, 0.6) is 0 Å². The van der Waals surface area contributed by atoms with Crippen LogP contribution in [0.4, 0.5) is 13.2 Å². The molecule has 0 saturated carbocycles. The van der Waals surface area contributed by atoms with Crippen LogP contribution in [-0.2, 0) is 16.0 Å². The van der Waals surface area contributed by atoms with E-state index in [1.165, 1.54) is 18.2 Å². The molecule has 0 aliphatic carbocycles. The van der Waals surface area contributed by atoms with Crippen molar-refractivity contribution in [2.75, 3.05) is 26.2 Å². The maximum absolute atomic E-state index is 13.1. The third-order valence-corrected chi connectivity index (χ3v) is 8.13. The number of carbonyl (C=O) groups excluding carboxylic acids is 2. The molecule has 37 heavy (non-hydrogen) atoms. The summed E-state index contributed by atoms with van der Waals surface area (Å²) in [6, 6.07) is 10.4. The van der Waals surface area contributed by atoms with Crippen molar-refractivity contribution in [3.05, 3.63) is 59.7 Å². The lowest BCUT2D eigenvalue weighted by molar-refractivity contribution is -0.126. The maximum Gasteiger partial charge on any atom is 0.578 e. The Bertz CT molecular complexity index is 1310. The first-order chi connectivity index (χ1) is 17.7. The van der Waals surface area contributed by atoms with Crippen molar-refractivity contribution in [2.45, 2.75) is 23.2 Å². The Balaban J connectivity index is 1.15. The standard InChI is InChI=1S/C25H24F3N5O3S/c26-25(27,28)37(36)20-5-1-16(2-6-20)3-8-23(34)32-11-9-18-14-33(15-19(18)10-12-32)24(35)17-4-7-21-22(13-17)30-31-29-21/h1-8,13,18-19H,9-12,14-15H2,(H,29,30,31)/b8-3+/t18-,19+,37?. The number of H-pyrrole nitrogens is 1. The van der Waals surface area contributed by atoms with Crippen LogP contribution >= 0.6 is 0 Å². The number of nitrogens with one attached hydrogen (secondary N) is 1. The van der Waals surface area contributed by atoms with Crippen LogP contribution < -0.4 is 0 Å². The van der Waals surface area contributed by atoms with Gasteiger partial charge in [0.25, 0.3) is 5.91 Å². The van der Waals surface area contributed by atoms with Crippen LogP contribution in [0, 0.1) is 11.8 Å². The van der Waals surface area contributed by atoms with Crippen molar-refractivity contribution < 1.29 is 27.3 Å². The van der Waals surface area contributed by atoms with E-state index in [1.807, 2.05) is 4.90 Å². The summed E-state index contributed by atoms with van der Waals surface area (Å²) >= 11 is -3.08. The molecule has 2 amide bonds. The summed E-state index contributed by atoms with van der Waals surface area (Å²) in [6.45, 7) is 2.43. The van der Waals surface area contributed by atoms with Crippen LogP contribution in [0.1, 0.15) is 28.8 Å². The third-order valence-electron chi connectivity index (χ3n) is 7.01. The van der Waals surface area contributed by atoms with Crippen molar-refractivity contribution in [2.24, 2.45) is 11.8 Å². The lowest BCUT2D eigenvalue weighted by Gasteiger charge is -2.21. The molecular formula is C25H24F3N5O3S. The topological polar surface area (TPSA) is 105 Å². The van der Waals surface area contributed by atoms with Gasteiger partial charge in [-0.2, -0.15) is 0 Å². The van der Waals surface area contributed by atoms with Crippen molar-refractivity contribution in [1.82, 2.24) is 25.2 Å². The van der Waals surface area contributed by atoms with Crippen molar-refractivity contribution in [3.8, 4) is 0 Å². The Morgan fingerprint density at radius 1 is 1.03 bits per heavy atom. The second kappa shape index (κ2) is 10.2. The number of alkyl halides is 3. The van der Waals surface area contributed by atoms with E-state index in [0.717, 1.165) is 30.5 Å². The molecule has 2 aliphatic rings. The zero-order valence-electron chi connectivity index (χ0n) is 19.6. The van der Waals surface area contributed by atoms with E-state index in [4.69, 9.17) is 0 Å². The Kier molecular flexibility index (Phi) is 6.95. The highest BCUT2D eigenvalue weighted by Gasteiger charge is 2.46. The molecule has 1 aromatic heterocycles. The first-order valence-corrected chi connectivity index (χ1v) is 13.0. The number of fused-ring (bicyclic) bond motifs is 2. The van der Waals surface area contributed by atoms with Gasteiger partial charge in [0, 0.05) is 37.8 Å². The number of amides is 2. The van der Waals surface area contributed by atoms with Gasteiger partial charge in [-0.25, -0.2) is 0 Å². The van der Waals surface area contributed by atoms with Crippen molar-refractivity contribution >= 4 is 40.1 Å². The van der Waals surface area contributed by atoms with Gasteiger partial charge in [-0.1, -0.05) is 5.21 Å². The molecule has 194 valence electrons. The number of rotatable bonds is 4. The smallest absolute Gasteiger partial charge is 0.578 e. The molecule has 8 nitrogen and oxygen atoms in total. The molecule has 2 aliphatic heterocycles. The number of aromatic amines is 1. The molecule has 3 atom stereocenters. The second-order valence-electron chi connectivity index (χ2n) is 9.29. The second-order valence-corrected chi connectivity index (χ2v) is 10.8. The number of likely N-dealkylation sites (tertiary alicyclic amines) is 2. The Hall–Kier alpha value is -3.38. The lowest BCUT2D eigenvalue weighted by Crippen LogP contribution is -2.33. The number of benzene rings is 2. The average Bonchev–Trinajstić information content (AvgIpc) is 3.48. The number of nitrogens with zero attached hydrogens (tertiary/aromatic N) is 4. The largest absolute Gasteiger partial charge is 0.604 e. The van der Waals surface area contributed by atoms with Gasteiger partial charge in [0.2, 0.25) is 5.91 Å². The Morgan fingerprint density at radius 3 is 2.35 bits per heavy atom. The van der Waals surface area contributed by atoms with Crippen molar-refractivity contribution in [1.29, 1.82) is 0 Å². The molecule has 3 aromatic rings. The predicted molar refractivity (Wildman–Crippen MR) is 131 cm³/mol. The molecule has 2 aromatic carbocycles. The summed E-state index contributed by atoms with van der Waals surface area (Å²) in [5, 5.41) is 10.5. The summed E-state index contributed by atoms with van der Waals surface area (Å²) in [5.41, 5.74) is -2.27. The molecule has 0 radical (unpaired) electrons. The van der Waals surface area contributed by atoms with Gasteiger partial charge >= 0.3 is 5.51 Å². The van der Waals surface area contributed by atoms with Gasteiger partial charge in [-0.15, -0.1) is 18.3 Å². The highest BCUT2D eigenvalue weighted by Crippen LogP contribution is 2.33. The predicted octanol–water partition coefficient (Wildman–Crippen LogP) is 3.61. The van der Waals surface area contributed by atoms with E-state index >= 15 is 0 Å². The minimum absolute atomic E-state index is 0.0288. The van der Waals surface area contributed by atoms with Gasteiger partial charge in [0.1, 0.15) is 5.52 Å². The van der Waals surface area contributed by atoms with E-state index in [2.05, 4.69) is 15.4 Å². The summed E-state index contributed by atoms with van der Waals surface area (Å²) in [6.07, 6.45) is 4.52. The van der Waals surface area contributed by atoms with Gasteiger partial charge in [-0.3, -0.25) is 14.7 Å². The van der Waals surface area contributed by atoms with Crippen LogP contribution in [0.2, 0.25) is 0 Å². The van der Waals surface area contributed by atoms with Gasteiger partial charge < -0.3 is 14.4 Å². The fourth-order valence-electron chi connectivity index (χ4n) is 5.00. The summed E-state index contributed by atoms with van der Waals surface area (Å²) in [4.78, 5) is 29.1. The zero-order valence-corrected chi connectivity index (χ0v) is 20.5. The number of carbonyl (C=O) groups is 2. The van der Waals surface area contributed by atoms with Crippen LogP contribution in [-0.4, -0.2) is 73.3 Å². The molecule has 12 heteroatoms. The monoisotopic (exact) mass is 531 g/mol.